The average molecular weight is 443 g/mol. The van der Waals surface area contributed by atoms with Gasteiger partial charge in [-0.15, -0.1) is 0 Å². The molecule has 2 aliphatic carbocycles. The van der Waals surface area contributed by atoms with Gasteiger partial charge in [0, 0.05) is 5.41 Å². The van der Waals surface area contributed by atoms with E-state index in [9.17, 15) is 18.0 Å². The van der Waals surface area contributed by atoms with Gasteiger partial charge in [0.05, 0.1) is 51.1 Å². The summed E-state index contributed by atoms with van der Waals surface area (Å²) in [5.74, 6) is 0.187. The minimum absolute atomic E-state index is 0.00138. The van der Waals surface area contributed by atoms with E-state index < -0.39 is 10.0 Å². The lowest BCUT2D eigenvalue weighted by Gasteiger charge is -2.31. The number of hydrogen-bond donors (Lipinski definition) is 1. The Morgan fingerprint density at radius 1 is 0.968 bits per heavy atom. The summed E-state index contributed by atoms with van der Waals surface area (Å²) < 4.78 is 26.8. The van der Waals surface area contributed by atoms with Crippen molar-refractivity contribution in [2.45, 2.75) is 6.42 Å². The van der Waals surface area contributed by atoms with E-state index in [2.05, 4.69) is 12.2 Å². The Hall–Kier alpha value is -2.29. The van der Waals surface area contributed by atoms with Gasteiger partial charge in [-0.3, -0.25) is 14.5 Å². The predicted molar refractivity (Wildman–Crippen MR) is 116 cm³/mol. The normalized spacial score (nSPS) is 31.3. The van der Waals surface area contributed by atoms with Crippen molar-refractivity contribution in [1.82, 2.24) is 9.21 Å². The molecule has 0 unspecified atom stereocenters. The van der Waals surface area contributed by atoms with Crippen LogP contribution in [0.5, 0.6) is 0 Å². The second-order valence-corrected chi connectivity index (χ2v) is 10.8. The fourth-order valence-electron chi connectivity index (χ4n) is 5.58. The molecule has 5 rings (SSSR count). The Morgan fingerprint density at radius 3 is 2.19 bits per heavy atom. The molecule has 2 aliphatic heterocycles. The molecule has 8 heteroatoms. The van der Waals surface area contributed by atoms with Crippen LogP contribution < -0.4 is 4.90 Å². The Kier molecular flexibility index (Phi) is 5.32. The van der Waals surface area contributed by atoms with Gasteiger partial charge in [-0.25, -0.2) is 8.42 Å². The average Bonchev–Trinajstić information content (AvgIpc) is 3.46. The number of allylic oxidation sites excluding steroid dienone is 2. The number of piperazine rings is 1. The van der Waals surface area contributed by atoms with Crippen molar-refractivity contribution in [3.05, 3.63) is 53.5 Å². The minimum atomic E-state index is -3.45. The van der Waals surface area contributed by atoms with Crippen LogP contribution in [0.1, 0.15) is 12.0 Å². The van der Waals surface area contributed by atoms with E-state index in [-0.39, 0.29) is 35.5 Å². The highest BCUT2D eigenvalue weighted by atomic mass is 32.2. The molecule has 3 fully saturated rings. The molecule has 1 aromatic carbocycles. The van der Waals surface area contributed by atoms with E-state index in [0.29, 0.717) is 39.3 Å². The highest BCUT2D eigenvalue weighted by Crippen LogP contribution is 2.52. The maximum atomic E-state index is 12.8. The zero-order valence-electron chi connectivity index (χ0n) is 17.4. The van der Waals surface area contributed by atoms with Gasteiger partial charge in [0.2, 0.25) is 21.8 Å². The van der Waals surface area contributed by atoms with Crippen LogP contribution >= 0.6 is 0 Å². The number of sulfonamides is 1. The number of carbonyl (C=O) groups is 2. The molecule has 2 heterocycles. The summed E-state index contributed by atoms with van der Waals surface area (Å²) in [6, 6.07) is 9.37. The second-order valence-electron chi connectivity index (χ2n) is 8.99. The molecule has 1 aromatic rings. The van der Waals surface area contributed by atoms with Gasteiger partial charge in [0.1, 0.15) is 0 Å². The van der Waals surface area contributed by atoms with Crippen molar-refractivity contribution in [2.75, 3.05) is 39.3 Å². The van der Waals surface area contributed by atoms with Crippen LogP contribution in [-0.4, -0.2) is 68.7 Å². The monoisotopic (exact) mass is 442 g/mol. The van der Waals surface area contributed by atoms with Crippen molar-refractivity contribution in [3.8, 4) is 0 Å². The Bertz CT molecular complexity index is 998. The number of amides is 2. The molecule has 31 heavy (non-hydrogen) atoms. The summed E-state index contributed by atoms with van der Waals surface area (Å²) in [6.07, 6.45) is 6.79. The number of likely N-dealkylation sites (tertiary alicyclic amines) is 1. The Labute approximate surface area is 183 Å². The molecule has 4 atom stereocenters. The number of fused-ring (bicyclic) bond motifs is 5. The van der Waals surface area contributed by atoms with Gasteiger partial charge in [-0.2, -0.15) is 4.31 Å². The standard InChI is InChI=1S/C23H27N3O4S/c27-22-20-18-6-7-19(16-18)21(20)23(28)26(22)14-11-24-9-12-25(13-10-24)31(29,30)15-8-17-4-2-1-3-5-17/h1-8,15,18-21H,9-14,16H2/p+1/b15-8+/t18-,19-,20+,21+/m1/s1. The summed E-state index contributed by atoms with van der Waals surface area (Å²) in [5.41, 5.74) is 0.851. The molecule has 0 aromatic heterocycles. The maximum Gasteiger partial charge on any atom is 0.236 e. The van der Waals surface area contributed by atoms with Crippen molar-refractivity contribution < 1.29 is 22.9 Å². The number of nitrogens with one attached hydrogen (secondary N) is 1. The van der Waals surface area contributed by atoms with E-state index in [1.807, 2.05) is 30.3 Å². The van der Waals surface area contributed by atoms with Crippen molar-refractivity contribution in [1.29, 1.82) is 0 Å². The van der Waals surface area contributed by atoms with Crippen LogP contribution in [0, 0.1) is 23.7 Å². The van der Waals surface area contributed by atoms with Crippen LogP contribution in [0.3, 0.4) is 0 Å². The fourth-order valence-corrected chi connectivity index (χ4v) is 6.77. The predicted octanol–water partition coefficient (Wildman–Crippen LogP) is -0.00530. The number of imide groups is 1. The molecule has 7 nitrogen and oxygen atoms in total. The molecule has 164 valence electrons. The summed E-state index contributed by atoms with van der Waals surface area (Å²) >= 11 is 0. The molecule has 0 radical (unpaired) electrons. The van der Waals surface area contributed by atoms with E-state index in [1.54, 1.807) is 6.08 Å². The first-order valence-electron chi connectivity index (χ1n) is 11.0. The molecule has 4 aliphatic rings. The highest BCUT2D eigenvalue weighted by Gasteiger charge is 2.59. The van der Waals surface area contributed by atoms with Gasteiger partial charge < -0.3 is 4.90 Å². The zero-order valence-corrected chi connectivity index (χ0v) is 18.2. The molecule has 1 saturated carbocycles. The van der Waals surface area contributed by atoms with Gasteiger partial charge in [-0.05, 0) is 29.9 Å². The summed E-state index contributed by atoms with van der Waals surface area (Å²) in [6.45, 7) is 3.34. The highest BCUT2D eigenvalue weighted by molar-refractivity contribution is 7.92. The van der Waals surface area contributed by atoms with Crippen molar-refractivity contribution in [2.24, 2.45) is 23.7 Å². The van der Waals surface area contributed by atoms with Crippen molar-refractivity contribution in [3.63, 3.8) is 0 Å². The van der Waals surface area contributed by atoms with E-state index in [1.165, 1.54) is 19.5 Å². The largest absolute Gasteiger partial charge is 0.331 e. The smallest absolute Gasteiger partial charge is 0.236 e. The third-order valence-electron chi connectivity index (χ3n) is 7.27. The maximum absolute atomic E-state index is 12.8. The number of benzene rings is 1. The first-order valence-corrected chi connectivity index (χ1v) is 12.5. The Morgan fingerprint density at radius 2 is 1.58 bits per heavy atom. The lowest BCUT2D eigenvalue weighted by molar-refractivity contribution is -0.902. The molecule has 2 bridgehead atoms. The van der Waals surface area contributed by atoms with E-state index in [4.69, 9.17) is 0 Å². The number of carbonyl (C=O) groups excluding carboxylic acids is 2. The number of quaternary nitrogens is 1. The third kappa shape index (κ3) is 3.77. The SMILES string of the molecule is O=C1[C@@H]2[C@@H](C(=O)N1CC[NH+]1CCN(S(=O)(=O)/C=C/c3ccccc3)CC1)[C@@H]1C=C[C@@H]2C1. The molecular formula is C23H28N3O4S+. The fraction of sp³-hybridized carbons (Fsp3) is 0.478. The van der Waals surface area contributed by atoms with Gasteiger partial charge >= 0.3 is 0 Å². The van der Waals surface area contributed by atoms with Crippen LogP contribution in [-0.2, 0) is 19.6 Å². The van der Waals surface area contributed by atoms with E-state index in [0.717, 1.165) is 12.0 Å². The third-order valence-corrected chi connectivity index (χ3v) is 8.84. The molecule has 2 saturated heterocycles. The zero-order chi connectivity index (χ0) is 21.6. The summed E-state index contributed by atoms with van der Waals surface area (Å²) in [4.78, 5) is 28.3. The topological polar surface area (TPSA) is 79.2 Å². The lowest BCUT2D eigenvalue weighted by atomic mass is 9.85. The molecule has 1 N–H and O–H groups in total. The molecule has 2 amide bonds. The van der Waals surface area contributed by atoms with Crippen LogP contribution in [0.15, 0.2) is 47.9 Å². The summed E-state index contributed by atoms with van der Waals surface area (Å²) in [5, 5.41) is 1.27. The van der Waals surface area contributed by atoms with Crippen LogP contribution in [0.25, 0.3) is 6.08 Å². The Balaban J connectivity index is 1.13. The minimum Gasteiger partial charge on any atom is -0.331 e. The van der Waals surface area contributed by atoms with Gasteiger partial charge in [0.25, 0.3) is 0 Å². The molecular weight excluding hydrogens is 414 g/mol. The van der Waals surface area contributed by atoms with E-state index >= 15 is 0 Å². The number of nitrogens with zero attached hydrogens (tertiary/aromatic N) is 2. The number of hydrogen-bond acceptors (Lipinski definition) is 4. The first kappa shape index (κ1) is 20.6. The lowest BCUT2D eigenvalue weighted by Crippen LogP contribution is -3.15. The molecule has 0 spiro atoms. The van der Waals surface area contributed by atoms with Gasteiger partial charge in [0.15, 0.2) is 0 Å². The van der Waals surface area contributed by atoms with Crippen molar-refractivity contribution >= 4 is 27.9 Å². The van der Waals surface area contributed by atoms with Crippen LogP contribution in [0.2, 0.25) is 0 Å². The summed E-state index contributed by atoms with van der Waals surface area (Å²) in [7, 11) is -3.45. The first-order chi connectivity index (χ1) is 14.9. The van der Waals surface area contributed by atoms with Crippen LogP contribution in [0.4, 0.5) is 0 Å². The quantitative estimate of drug-likeness (QED) is 0.497. The number of rotatable bonds is 6. The van der Waals surface area contributed by atoms with Gasteiger partial charge in [-0.1, -0.05) is 42.5 Å². The second kappa shape index (κ2) is 8.00.